The fraction of sp³-hybridized carbons (Fsp3) is 0.292. The molecule has 0 bridgehead atoms. The van der Waals surface area contributed by atoms with Gasteiger partial charge in [-0.25, -0.2) is 36.1 Å². The number of halogens is 2. The molecule has 11 heteroatoms. The van der Waals surface area contributed by atoms with Gasteiger partial charge in [-0.05, 0) is 50.8 Å². The topological polar surface area (TPSA) is 116 Å². The van der Waals surface area contributed by atoms with E-state index in [1.54, 1.807) is 12.1 Å². The molecule has 1 saturated carbocycles. The Bertz CT molecular complexity index is 1500. The average molecular weight is 499 g/mol. The lowest BCUT2D eigenvalue weighted by atomic mass is 9.92. The summed E-state index contributed by atoms with van der Waals surface area (Å²) in [6.07, 6.45) is 6.60. The summed E-state index contributed by atoms with van der Waals surface area (Å²) < 4.78 is 56.5. The predicted octanol–water partition coefficient (Wildman–Crippen LogP) is 4.00. The Morgan fingerprint density at radius 3 is 2.63 bits per heavy atom. The van der Waals surface area contributed by atoms with E-state index in [1.807, 2.05) is 6.92 Å². The van der Waals surface area contributed by atoms with Crippen LogP contribution in [-0.4, -0.2) is 39.4 Å². The molecule has 1 aliphatic rings. The lowest BCUT2D eigenvalue weighted by Gasteiger charge is -2.27. The van der Waals surface area contributed by atoms with E-state index in [9.17, 15) is 17.2 Å². The molecule has 0 radical (unpaired) electrons. The van der Waals surface area contributed by atoms with E-state index in [1.165, 1.54) is 24.4 Å². The molecule has 1 aromatic carbocycles. The zero-order chi connectivity index (χ0) is 24.7. The average Bonchev–Trinajstić information content (AvgIpc) is 3.20. The fourth-order valence-electron chi connectivity index (χ4n) is 4.39. The third-order valence-electron chi connectivity index (χ3n) is 6.20. The molecule has 0 spiro atoms. The van der Waals surface area contributed by atoms with Gasteiger partial charge in [-0.1, -0.05) is 17.7 Å². The third-order valence-corrected chi connectivity index (χ3v) is 7.86. The standard InChI is InChI=1S/C24H24F2N6O2S/c1-14-5-7-18(8-6-14)35(33,34)32-13-20(19-9-15(25)11-29-24(19)32)22-28-12-21(26)23(31-22)30-17-4-2-3-16(27)10-17/h5-9,11-13,16-17H,2-4,10,27H2,1H3,(H,28,30,31)/t16-,17+/m0/s1. The third kappa shape index (κ3) is 4.48. The molecule has 3 aromatic heterocycles. The van der Waals surface area contributed by atoms with Crippen LogP contribution in [0.1, 0.15) is 31.2 Å². The Hall–Kier alpha value is -3.44. The maximum atomic E-state index is 14.6. The number of fused-ring (bicyclic) bond motifs is 1. The summed E-state index contributed by atoms with van der Waals surface area (Å²) in [6.45, 7) is 1.85. The van der Waals surface area contributed by atoms with Gasteiger partial charge in [0, 0.05) is 29.2 Å². The number of pyridine rings is 1. The van der Waals surface area contributed by atoms with Crippen molar-refractivity contribution in [3.63, 3.8) is 0 Å². The molecular weight excluding hydrogens is 474 g/mol. The minimum Gasteiger partial charge on any atom is -0.365 e. The first-order valence-electron chi connectivity index (χ1n) is 11.3. The summed E-state index contributed by atoms with van der Waals surface area (Å²) in [6, 6.07) is 7.51. The molecule has 1 aliphatic carbocycles. The lowest BCUT2D eigenvalue weighted by molar-refractivity contribution is 0.407. The van der Waals surface area contributed by atoms with Crippen molar-refractivity contribution in [1.82, 2.24) is 18.9 Å². The number of nitrogens with zero attached hydrogens (tertiary/aromatic N) is 4. The smallest absolute Gasteiger partial charge is 0.269 e. The number of anilines is 1. The normalized spacial score (nSPS) is 18.6. The summed E-state index contributed by atoms with van der Waals surface area (Å²) in [4.78, 5) is 12.5. The number of hydrogen-bond donors (Lipinski definition) is 2. The minimum absolute atomic E-state index is 0.0132. The molecule has 182 valence electrons. The quantitative estimate of drug-likeness (QED) is 0.427. The Morgan fingerprint density at radius 2 is 1.89 bits per heavy atom. The van der Waals surface area contributed by atoms with Crippen LogP contribution in [0, 0.1) is 18.6 Å². The maximum Gasteiger partial charge on any atom is 0.269 e. The summed E-state index contributed by atoms with van der Waals surface area (Å²) >= 11 is 0. The van der Waals surface area contributed by atoms with E-state index in [4.69, 9.17) is 5.73 Å². The van der Waals surface area contributed by atoms with Gasteiger partial charge in [0.05, 0.1) is 17.3 Å². The van der Waals surface area contributed by atoms with Crippen LogP contribution in [0.25, 0.3) is 22.4 Å². The molecule has 0 saturated heterocycles. The SMILES string of the molecule is Cc1ccc(S(=O)(=O)n2cc(-c3ncc(F)c(N[C@@H]4CCC[C@H](N)C4)n3)c3cc(F)cnc32)cc1. The first-order chi connectivity index (χ1) is 16.7. The van der Waals surface area contributed by atoms with Crippen LogP contribution >= 0.6 is 0 Å². The van der Waals surface area contributed by atoms with Gasteiger partial charge >= 0.3 is 0 Å². The highest BCUT2D eigenvalue weighted by Crippen LogP contribution is 2.32. The van der Waals surface area contributed by atoms with Crippen LogP contribution in [0.5, 0.6) is 0 Å². The monoisotopic (exact) mass is 498 g/mol. The van der Waals surface area contributed by atoms with Gasteiger partial charge < -0.3 is 11.1 Å². The van der Waals surface area contributed by atoms with Gasteiger partial charge in [0.15, 0.2) is 23.1 Å². The van der Waals surface area contributed by atoms with Crippen LogP contribution in [-0.2, 0) is 10.0 Å². The van der Waals surface area contributed by atoms with Gasteiger partial charge in [0.25, 0.3) is 10.0 Å². The van der Waals surface area contributed by atoms with Gasteiger partial charge in [-0.2, -0.15) is 0 Å². The van der Waals surface area contributed by atoms with Crippen molar-refractivity contribution in [3.05, 3.63) is 66.1 Å². The second-order valence-electron chi connectivity index (χ2n) is 8.84. The highest BCUT2D eigenvalue weighted by molar-refractivity contribution is 7.90. The van der Waals surface area contributed by atoms with E-state index < -0.39 is 21.7 Å². The van der Waals surface area contributed by atoms with Crippen LogP contribution in [0.4, 0.5) is 14.6 Å². The Labute approximate surface area is 201 Å². The molecule has 5 rings (SSSR count). The zero-order valence-electron chi connectivity index (χ0n) is 18.9. The molecule has 0 amide bonds. The molecule has 1 fully saturated rings. The van der Waals surface area contributed by atoms with Gasteiger partial charge in [-0.15, -0.1) is 0 Å². The fourth-order valence-corrected chi connectivity index (χ4v) is 5.71. The van der Waals surface area contributed by atoms with Crippen LogP contribution in [0.3, 0.4) is 0 Å². The van der Waals surface area contributed by atoms with Crippen molar-refractivity contribution in [2.24, 2.45) is 5.73 Å². The predicted molar refractivity (Wildman–Crippen MR) is 128 cm³/mol. The zero-order valence-corrected chi connectivity index (χ0v) is 19.8. The van der Waals surface area contributed by atoms with Crippen molar-refractivity contribution in [1.29, 1.82) is 0 Å². The van der Waals surface area contributed by atoms with Crippen molar-refractivity contribution >= 4 is 26.9 Å². The van der Waals surface area contributed by atoms with E-state index in [-0.39, 0.29) is 45.2 Å². The molecule has 4 aromatic rings. The van der Waals surface area contributed by atoms with E-state index in [0.717, 1.165) is 41.2 Å². The number of nitrogens with two attached hydrogens (primary N) is 1. The van der Waals surface area contributed by atoms with Crippen molar-refractivity contribution in [2.75, 3.05) is 5.32 Å². The molecule has 3 heterocycles. The molecule has 0 aliphatic heterocycles. The molecular formula is C24H24F2N6O2S. The van der Waals surface area contributed by atoms with Gasteiger partial charge in [-0.3, -0.25) is 0 Å². The first kappa shape index (κ1) is 23.3. The van der Waals surface area contributed by atoms with E-state index in [0.29, 0.717) is 6.42 Å². The van der Waals surface area contributed by atoms with Crippen molar-refractivity contribution in [2.45, 2.75) is 49.6 Å². The highest BCUT2D eigenvalue weighted by Gasteiger charge is 2.25. The summed E-state index contributed by atoms with van der Waals surface area (Å²) in [7, 11) is -4.06. The second kappa shape index (κ2) is 8.97. The Morgan fingerprint density at radius 1 is 1.11 bits per heavy atom. The van der Waals surface area contributed by atoms with Crippen molar-refractivity contribution in [3.8, 4) is 11.4 Å². The highest BCUT2D eigenvalue weighted by atomic mass is 32.2. The summed E-state index contributed by atoms with van der Waals surface area (Å²) in [5.41, 5.74) is 7.18. The minimum atomic E-state index is -4.06. The van der Waals surface area contributed by atoms with E-state index >= 15 is 0 Å². The number of aromatic nitrogens is 4. The first-order valence-corrected chi connectivity index (χ1v) is 12.7. The summed E-state index contributed by atoms with van der Waals surface area (Å²) in [5.74, 6) is -1.26. The Balaban J connectivity index is 1.61. The number of nitrogens with one attached hydrogen (secondary N) is 1. The number of rotatable bonds is 5. The van der Waals surface area contributed by atoms with Crippen LogP contribution in [0.2, 0.25) is 0 Å². The van der Waals surface area contributed by atoms with Crippen LogP contribution in [0.15, 0.2) is 53.8 Å². The molecule has 0 unspecified atom stereocenters. The van der Waals surface area contributed by atoms with Crippen LogP contribution < -0.4 is 11.1 Å². The Kier molecular flexibility index (Phi) is 5.97. The number of aryl methyl sites for hydroxylation is 1. The molecule has 8 nitrogen and oxygen atoms in total. The summed E-state index contributed by atoms with van der Waals surface area (Å²) in [5, 5.41) is 3.29. The van der Waals surface area contributed by atoms with Gasteiger partial charge in [0.2, 0.25) is 0 Å². The van der Waals surface area contributed by atoms with Crippen molar-refractivity contribution < 1.29 is 17.2 Å². The maximum absolute atomic E-state index is 14.6. The lowest BCUT2D eigenvalue weighted by Crippen LogP contribution is -2.35. The molecule has 35 heavy (non-hydrogen) atoms. The number of hydrogen-bond acceptors (Lipinski definition) is 7. The second-order valence-corrected chi connectivity index (χ2v) is 10.7. The van der Waals surface area contributed by atoms with E-state index in [2.05, 4.69) is 20.3 Å². The largest absolute Gasteiger partial charge is 0.365 e. The molecule has 2 atom stereocenters. The van der Waals surface area contributed by atoms with Gasteiger partial charge in [0.1, 0.15) is 5.82 Å². The molecule has 3 N–H and O–H groups in total. The number of benzene rings is 1.